The van der Waals surface area contributed by atoms with E-state index in [-0.39, 0.29) is 11.7 Å². The predicted molar refractivity (Wildman–Crippen MR) is 114 cm³/mol. The van der Waals surface area contributed by atoms with Crippen LogP contribution in [-0.4, -0.2) is 27.2 Å². The van der Waals surface area contributed by atoms with Crippen LogP contribution in [0.4, 0.5) is 0 Å². The molecule has 0 saturated heterocycles. The van der Waals surface area contributed by atoms with Gasteiger partial charge in [0.05, 0.1) is 10.7 Å². The summed E-state index contributed by atoms with van der Waals surface area (Å²) in [7, 11) is 0. The highest BCUT2D eigenvalue weighted by Gasteiger charge is 2.20. The van der Waals surface area contributed by atoms with Crippen molar-refractivity contribution in [1.29, 1.82) is 0 Å². The van der Waals surface area contributed by atoms with Crippen molar-refractivity contribution in [2.24, 2.45) is 0 Å². The fourth-order valence-corrected chi connectivity index (χ4v) is 3.29. The average Bonchev–Trinajstić information content (AvgIpc) is 3.11. The molecule has 0 aliphatic heterocycles. The van der Waals surface area contributed by atoms with Gasteiger partial charge in [-0.15, -0.1) is 5.10 Å². The summed E-state index contributed by atoms with van der Waals surface area (Å²) in [5.41, 5.74) is 1.33. The number of nitrogens with zero attached hydrogens (tertiary/aromatic N) is 3. The Hall–Kier alpha value is -2.08. The first-order valence-electron chi connectivity index (χ1n) is 8.96. The number of halogens is 3. The van der Waals surface area contributed by atoms with E-state index in [9.17, 15) is 4.79 Å². The van der Waals surface area contributed by atoms with Gasteiger partial charge in [-0.1, -0.05) is 54.6 Å². The monoisotopic (exact) mass is 436 g/mol. The minimum absolute atomic E-state index is 0.0764. The lowest BCUT2D eigenvalue weighted by atomic mass is 10.2. The zero-order chi connectivity index (χ0) is 20.1. The first-order valence-corrected chi connectivity index (χ1v) is 10.1. The number of hydrogen-bond acceptors (Lipinski definition) is 3. The van der Waals surface area contributed by atoms with E-state index in [1.165, 1.54) is 0 Å². The standard InChI is InChI=1S/C20H19Cl3N4O/c1-2-3-4-11-24-20(28)18-25-19(16-10-7-14(22)12-17(16)23)27(26-18)15-8-5-13(21)6-9-15/h5-10,12H,2-4,11H2,1H3,(H,24,28). The molecule has 3 rings (SSSR count). The van der Waals surface area contributed by atoms with Gasteiger partial charge in [0, 0.05) is 22.2 Å². The van der Waals surface area contributed by atoms with E-state index in [1.54, 1.807) is 47.1 Å². The molecule has 28 heavy (non-hydrogen) atoms. The minimum Gasteiger partial charge on any atom is -0.349 e. The highest BCUT2D eigenvalue weighted by Crippen LogP contribution is 2.31. The fourth-order valence-electron chi connectivity index (χ4n) is 2.67. The van der Waals surface area contributed by atoms with Crippen LogP contribution in [0.5, 0.6) is 0 Å². The van der Waals surface area contributed by atoms with Crippen LogP contribution in [0.15, 0.2) is 42.5 Å². The van der Waals surface area contributed by atoms with Crippen LogP contribution < -0.4 is 5.32 Å². The molecule has 1 N–H and O–H groups in total. The highest BCUT2D eigenvalue weighted by atomic mass is 35.5. The quantitative estimate of drug-likeness (QED) is 0.474. The van der Waals surface area contributed by atoms with E-state index in [4.69, 9.17) is 34.8 Å². The van der Waals surface area contributed by atoms with Crippen LogP contribution in [0.2, 0.25) is 15.1 Å². The Bertz CT molecular complexity index is 970. The molecule has 8 heteroatoms. The molecule has 2 aromatic carbocycles. The van der Waals surface area contributed by atoms with E-state index in [1.807, 2.05) is 0 Å². The van der Waals surface area contributed by atoms with Crippen molar-refractivity contribution in [2.75, 3.05) is 6.54 Å². The van der Waals surface area contributed by atoms with Crippen LogP contribution in [-0.2, 0) is 0 Å². The maximum absolute atomic E-state index is 12.5. The Balaban J connectivity index is 2.00. The molecule has 1 heterocycles. The third-order valence-corrected chi connectivity index (χ3v) is 4.92. The lowest BCUT2D eigenvalue weighted by Gasteiger charge is -2.07. The molecule has 0 radical (unpaired) electrons. The normalized spacial score (nSPS) is 10.9. The molecular formula is C20H19Cl3N4O. The number of nitrogens with one attached hydrogen (secondary N) is 1. The van der Waals surface area contributed by atoms with Gasteiger partial charge in [-0.2, -0.15) is 0 Å². The van der Waals surface area contributed by atoms with Gasteiger partial charge in [-0.25, -0.2) is 9.67 Å². The van der Waals surface area contributed by atoms with Crippen molar-refractivity contribution in [1.82, 2.24) is 20.1 Å². The van der Waals surface area contributed by atoms with Crippen LogP contribution in [0, 0.1) is 0 Å². The van der Waals surface area contributed by atoms with Crippen molar-refractivity contribution in [3.05, 3.63) is 63.4 Å². The maximum atomic E-state index is 12.5. The molecule has 0 aliphatic carbocycles. The minimum atomic E-state index is -0.324. The molecule has 5 nitrogen and oxygen atoms in total. The van der Waals surface area contributed by atoms with Crippen molar-refractivity contribution < 1.29 is 4.79 Å². The zero-order valence-electron chi connectivity index (χ0n) is 15.3. The number of aromatic nitrogens is 3. The molecule has 1 aromatic heterocycles. The van der Waals surface area contributed by atoms with Gasteiger partial charge in [-0.05, 0) is 48.9 Å². The smallest absolute Gasteiger partial charge is 0.290 e. The van der Waals surface area contributed by atoms with E-state index < -0.39 is 0 Å². The van der Waals surface area contributed by atoms with Crippen LogP contribution in [0.1, 0.15) is 36.8 Å². The molecule has 1 amide bonds. The summed E-state index contributed by atoms with van der Waals surface area (Å²) in [5, 5.41) is 8.80. The first kappa shape index (κ1) is 20.6. The lowest BCUT2D eigenvalue weighted by molar-refractivity contribution is 0.0942. The molecule has 0 unspecified atom stereocenters. The van der Waals surface area contributed by atoms with Crippen LogP contribution in [0.3, 0.4) is 0 Å². The van der Waals surface area contributed by atoms with E-state index >= 15 is 0 Å². The van der Waals surface area contributed by atoms with Crippen molar-refractivity contribution >= 4 is 40.7 Å². The van der Waals surface area contributed by atoms with E-state index in [2.05, 4.69) is 22.3 Å². The summed E-state index contributed by atoms with van der Waals surface area (Å²) < 4.78 is 1.58. The molecule has 0 aliphatic rings. The highest BCUT2D eigenvalue weighted by molar-refractivity contribution is 6.36. The largest absolute Gasteiger partial charge is 0.349 e. The zero-order valence-corrected chi connectivity index (χ0v) is 17.5. The summed E-state index contributed by atoms with van der Waals surface area (Å²) in [4.78, 5) is 17.0. The second-order valence-corrected chi connectivity index (χ2v) is 7.51. The molecule has 0 bridgehead atoms. The Morgan fingerprint density at radius 1 is 1.04 bits per heavy atom. The predicted octanol–water partition coefficient (Wildman–Crippen LogP) is 5.81. The second-order valence-electron chi connectivity index (χ2n) is 6.23. The molecule has 0 atom stereocenters. The summed E-state index contributed by atoms with van der Waals surface area (Å²) >= 11 is 18.4. The van der Waals surface area contributed by atoms with Gasteiger partial charge in [-0.3, -0.25) is 4.79 Å². The number of benzene rings is 2. The summed E-state index contributed by atoms with van der Waals surface area (Å²) in [5.74, 6) is 0.199. The summed E-state index contributed by atoms with van der Waals surface area (Å²) in [6, 6.07) is 12.2. The van der Waals surface area contributed by atoms with Gasteiger partial charge in [0.2, 0.25) is 5.82 Å². The third kappa shape index (κ3) is 4.85. The first-order chi connectivity index (χ1) is 13.5. The molecule has 3 aromatic rings. The Morgan fingerprint density at radius 3 is 2.43 bits per heavy atom. The van der Waals surface area contributed by atoms with Crippen molar-refractivity contribution in [3.8, 4) is 17.1 Å². The van der Waals surface area contributed by atoms with Crippen LogP contribution >= 0.6 is 34.8 Å². The van der Waals surface area contributed by atoms with Crippen LogP contribution in [0.25, 0.3) is 17.1 Å². The SMILES string of the molecule is CCCCCNC(=O)c1nc(-c2ccc(Cl)cc2Cl)n(-c2ccc(Cl)cc2)n1. The number of unbranched alkanes of at least 4 members (excludes halogenated alkanes) is 2. The van der Waals surface area contributed by atoms with Gasteiger partial charge in [0.25, 0.3) is 5.91 Å². The van der Waals surface area contributed by atoms with Crippen molar-refractivity contribution in [2.45, 2.75) is 26.2 Å². The maximum Gasteiger partial charge on any atom is 0.290 e. The third-order valence-electron chi connectivity index (χ3n) is 4.12. The summed E-state index contributed by atoms with van der Waals surface area (Å²) in [6.45, 7) is 2.69. The van der Waals surface area contributed by atoms with Gasteiger partial charge in [0.15, 0.2) is 5.82 Å². The molecule has 0 spiro atoms. The lowest BCUT2D eigenvalue weighted by Crippen LogP contribution is -2.25. The fraction of sp³-hybridized carbons (Fsp3) is 0.250. The summed E-state index contributed by atoms with van der Waals surface area (Å²) in [6.07, 6.45) is 3.05. The van der Waals surface area contributed by atoms with Gasteiger partial charge >= 0.3 is 0 Å². The number of rotatable bonds is 7. The second kappa shape index (κ2) is 9.41. The number of hydrogen-bond donors (Lipinski definition) is 1. The van der Waals surface area contributed by atoms with Gasteiger partial charge in [0.1, 0.15) is 0 Å². The average molecular weight is 438 g/mol. The Labute approximate surface area is 178 Å². The molecule has 0 fully saturated rings. The van der Waals surface area contributed by atoms with E-state index in [0.717, 1.165) is 19.3 Å². The number of carbonyl (C=O) groups is 1. The topological polar surface area (TPSA) is 59.8 Å². The Morgan fingerprint density at radius 2 is 1.75 bits per heavy atom. The number of amides is 1. The van der Waals surface area contributed by atoms with Crippen molar-refractivity contribution in [3.63, 3.8) is 0 Å². The Kier molecular flexibility index (Phi) is 6.94. The van der Waals surface area contributed by atoms with E-state index in [0.29, 0.717) is 38.7 Å². The molecule has 146 valence electrons. The van der Waals surface area contributed by atoms with Gasteiger partial charge < -0.3 is 5.32 Å². The molecule has 0 saturated carbocycles. The number of carbonyl (C=O) groups excluding carboxylic acids is 1. The molecular weight excluding hydrogens is 419 g/mol.